The zero-order valence-electron chi connectivity index (χ0n) is 20.0. The van der Waals surface area contributed by atoms with Crippen molar-refractivity contribution in [2.45, 2.75) is 62.9 Å². The molecule has 0 radical (unpaired) electrons. The fraction of sp³-hybridized carbons (Fsp3) is 0.464. The molecule has 2 aromatic carbocycles. The van der Waals surface area contributed by atoms with E-state index >= 15 is 0 Å². The van der Waals surface area contributed by atoms with E-state index in [9.17, 15) is 19.5 Å². The van der Waals surface area contributed by atoms with Crippen LogP contribution in [0.25, 0.3) is 11.1 Å². The van der Waals surface area contributed by atoms with Crippen molar-refractivity contribution in [1.82, 2.24) is 10.2 Å². The number of ether oxygens (including phenoxy) is 1. The van der Waals surface area contributed by atoms with Gasteiger partial charge in [-0.05, 0) is 54.9 Å². The number of carbonyl (C=O) groups excluding carboxylic acids is 2. The van der Waals surface area contributed by atoms with Crippen LogP contribution in [0.5, 0.6) is 0 Å². The lowest BCUT2D eigenvalue weighted by Crippen LogP contribution is -2.59. The molecule has 3 atom stereocenters. The molecule has 0 spiro atoms. The number of carbonyl (C=O) groups is 3. The quantitative estimate of drug-likeness (QED) is 0.660. The number of carboxylic acid groups (broad SMARTS) is 1. The van der Waals surface area contributed by atoms with E-state index in [1.165, 1.54) is 16.0 Å². The third kappa shape index (κ3) is 4.28. The maximum absolute atomic E-state index is 13.4. The van der Waals surface area contributed by atoms with Crippen molar-refractivity contribution in [3.05, 3.63) is 59.7 Å². The predicted molar refractivity (Wildman–Crippen MR) is 131 cm³/mol. The van der Waals surface area contributed by atoms with Crippen LogP contribution in [0.2, 0.25) is 0 Å². The topological polar surface area (TPSA) is 95.9 Å². The van der Waals surface area contributed by atoms with Crippen LogP contribution in [0, 0.1) is 5.92 Å². The number of rotatable bonds is 5. The summed E-state index contributed by atoms with van der Waals surface area (Å²) in [6.45, 7) is 2.55. The summed E-state index contributed by atoms with van der Waals surface area (Å²) in [5.74, 6) is -1.63. The molecule has 35 heavy (non-hydrogen) atoms. The van der Waals surface area contributed by atoms with Crippen molar-refractivity contribution in [3.8, 4) is 11.1 Å². The molecule has 1 aliphatic heterocycles. The van der Waals surface area contributed by atoms with Gasteiger partial charge in [0.05, 0.1) is 11.5 Å². The Morgan fingerprint density at radius 1 is 1.00 bits per heavy atom. The van der Waals surface area contributed by atoms with Gasteiger partial charge in [0.15, 0.2) is 0 Å². The highest BCUT2D eigenvalue weighted by atomic mass is 16.5. The van der Waals surface area contributed by atoms with Gasteiger partial charge in [0, 0.05) is 12.5 Å². The third-order valence-corrected chi connectivity index (χ3v) is 8.06. The van der Waals surface area contributed by atoms with Crippen LogP contribution in [0.15, 0.2) is 48.5 Å². The van der Waals surface area contributed by atoms with Crippen molar-refractivity contribution in [2.75, 3.05) is 13.2 Å². The lowest BCUT2D eigenvalue weighted by Gasteiger charge is -2.42. The van der Waals surface area contributed by atoms with Gasteiger partial charge in [0.1, 0.15) is 12.6 Å². The van der Waals surface area contributed by atoms with Gasteiger partial charge in [-0.3, -0.25) is 4.79 Å². The molecule has 2 amide bonds. The fourth-order valence-corrected chi connectivity index (χ4v) is 6.23. The molecule has 2 aliphatic carbocycles. The lowest BCUT2D eigenvalue weighted by molar-refractivity contribution is -0.151. The average Bonchev–Trinajstić information content (AvgIpc) is 3.46. The average molecular weight is 477 g/mol. The van der Waals surface area contributed by atoms with E-state index in [0.717, 1.165) is 24.0 Å². The molecule has 0 bridgehead atoms. The summed E-state index contributed by atoms with van der Waals surface area (Å²) in [5, 5.41) is 12.5. The number of nitrogens with one attached hydrogen (secondary N) is 1. The Kier molecular flexibility index (Phi) is 6.26. The van der Waals surface area contributed by atoms with Gasteiger partial charge in [-0.15, -0.1) is 0 Å². The van der Waals surface area contributed by atoms with Gasteiger partial charge in [0.2, 0.25) is 5.91 Å². The minimum Gasteiger partial charge on any atom is -0.480 e. The Morgan fingerprint density at radius 3 is 2.31 bits per heavy atom. The number of likely N-dealkylation sites (tertiary alicyclic amines) is 1. The molecule has 2 fully saturated rings. The number of alkyl carbamates (subject to hydrolysis) is 1. The van der Waals surface area contributed by atoms with E-state index < -0.39 is 29.6 Å². The van der Waals surface area contributed by atoms with Crippen molar-refractivity contribution < 1.29 is 24.2 Å². The number of hydrogen-bond acceptors (Lipinski definition) is 4. The second kappa shape index (κ2) is 9.36. The summed E-state index contributed by atoms with van der Waals surface area (Å²) in [5.41, 5.74) is 3.85. The van der Waals surface area contributed by atoms with Crippen LogP contribution >= 0.6 is 0 Å². The van der Waals surface area contributed by atoms with Crippen LogP contribution in [0.1, 0.15) is 62.5 Å². The number of amides is 2. The van der Waals surface area contributed by atoms with Gasteiger partial charge < -0.3 is 20.1 Å². The van der Waals surface area contributed by atoms with Crippen LogP contribution in [0.3, 0.4) is 0 Å². The number of hydrogen-bond donors (Lipinski definition) is 2. The molecule has 2 aromatic rings. The van der Waals surface area contributed by atoms with Crippen LogP contribution in [-0.2, 0) is 14.3 Å². The van der Waals surface area contributed by atoms with E-state index in [-0.39, 0.29) is 18.4 Å². The molecule has 1 saturated carbocycles. The molecule has 7 heteroatoms. The first kappa shape index (κ1) is 23.4. The number of aliphatic carboxylic acids is 1. The Morgan fingerprint density at radius 2 is 1.66 bits per heavy atom. The van der Waals surface area contributed by atoms with Crippen LogP contribution in [-0.4, -0.2) is 52.7 Å². The van der Waals surface area contributed by atoms with Gasteiger partial charge in [-0.1, -0.05) is 61.4 Å². The van der Waals surface area contributed by atoms with E-state index in [2.05, 4.69) is 29.6 Å². The van der Waals surface area contributed by atoms with Crippen molar-refractivity contribution >= 4 is 18.0 Å². The smallest absolute Gasteiger partial charge is 0.407 e. The first-order chi connectivity index (χ1) is 16.9. The standard InChI is InChI=1S/C28H32N2O5/c1-28(15-7-6-13-23(28)25(31)30-16-8-14-24(30)26(32)33)29-27(34)35-17-22-20-11-4-2-9-18(20)19-10-3-5-12-21(19)22/h2-5,9-12,22-24H,6-8,13-17H2,1H3,(H,29,34)(H,32,33)/t23?,24-,28?/m1/s1. The third-order valence-electron chi connectivity index (χ3n) is 8.06. The first-order valence-corrected chi connectivity index (χ1v) is 12.6. The molecule has 1 heterocycles. The molecule has 7 nitrogen and oxygen atoms in total. The second-order valence-electron chi connectivity index (χ2n) is 10.2. The lowest BCUT2D eigenvalue weighted by atomic mass is 9.73. The van der Waals surface area contributed by atoms with Crippen molar-refractivity contribution in [1.29, 1.82) is 0 Å². The number of fused-ring (bicyclic) bond motifs is 3. The Balaban J connectivity index is 1.28. The molecule has 2 unspecified atom stereocenters. The minimum absolute atomic E-state index is 0.0364. The molecular formula is C28H32N2O5. The molecule has 0 aromatic heterocycles. The predicted octanol–water partition coefficient (Wildman–Crippen LogP) is 4.55. The van der Waals surface area contributed by atoms with Crippen molar-refractivity contribution in [3.63, 3.8) is 0 Å². The highest BCUT2D eigenvalue weighted by Gasteiger charge is 2.47. The minimum atomic E-state index is -0.960. The molecule has 5 rings (SSSR count). The highest BCUT2D eigenvalue weighted by molar-refractivity contribution is 5.87. The monoisotopic (exact) mass is 476 g/mol. The van der Waals surface area contributed by atoms with Gasteiger partial charge in [-0.2, -0.15) is 0 Å². The summed E-state index contributed by atoms with van der Waals surface area (Å²) in [4.78, 5) is 39.6. The maximum Gasteiger partial charge on any atom is 0.407 e. The number of nitrogens with zero attached hydrogens (tertiary/aromatic N) is 1. The number of benzene rings is 2. The van der Waals surface area contributed by atoms with E-state index in [4.69, 9.17) is 4.74 Å². The van der Waals surface area contributed by atoms with E-state index in [1.807, 2.05) is 31.2 Å². The van der Waals surface area contributed by atoms with Crippen molar-refractivity contribution in [2.24, 2.45) is 5.92 Å². The Bertz CT molecular complexity index is 1100. The highest BCUT2D eigenvalue weighted by Crippen LogP contribution is 2.44. The molecule has 1 saturated heterocycles. The summed E-state index contributed by atoms with van der Waals surface area (Å²) >= 11 is 0. The molecule has 184 valence electrons. The zero-order chi connectivity index (χ0) is 24.6. The maximum atomic E-state index is 13.4. The molecule has 2 N–H and O–H groups in total. The SMILES string of the molecule is CC1(NC(=O)OCC2c3ccccc3-c3ccccc32)CCCCC1C(=O)N1CCC[C@@H]1C(=O)O. The van der Waals surface area contributed by atoms with Gasteiger partial charge in [-0.25, -0.2) is 9.59 Å². The normalized spacial score (nSPS) is 25.6. The fourth-order valence-electron chi connectivity index (χ4n) is 6.23. The summed E-state index contributed by atoms with van der Waals surface area (Å²) in [6.07, 6.45) is 3.68. The van der Waals surface area contributed by atoms with Crippen LogP contribution in [0.4, 0.5) is 4.79 Å². The summed E-state index contributed by atoms with van der Waals surface area (Å²) in [6, 6.07) is 15.6. The van der Waals surface area contributed by atoms with E-state index in [1.54, 1.807) is 0 Å². The number of carboxylic acids is 1. The van der Waals surface area contributed by atoms with Gasteiger partial charge >= 0.3 is 12.1 Å². The zero-order valence-corrected chi connectivity index (χ0v) is 20.0. The Labute approximate surface area is 205 Å². The largest absolute Gasteiger partial charge is 0.480 e. The first-order valence-electron chi connectivity index (χ1n) is 12.6. The van der Waals surface area contributed by atoms with Gasteiger partial charge in [0.25, 0.3) is 0 Å². The summed E-state index contributed by atoms with van der Waals surface area (Å²) < 4.78 is 5.75. The van der Waals surface area contributed by atoms with Crippen LogP contribution < -0.4 is 5.32 Å². The Hall–Kier alpha value is -3.35. The second-order valence-corrected chi connectivity index (χ2v) is 10.2. The molecular weight excluding hydrogens is 444 g/mol. The molecule has 3 aliphatic rings. The van der Waals surface area contributed by atoms with E-state index in [0.29, 0.717) is 32.2 Å². The summed E-state index contributed by atoms with van der Waals surface area (Å²) in [7, 11) is 0.